The molecule has 0 spiro atoms. The van der Waals surface area contributed by atoms with Crippen LogP contribution in [-0.2, 0) is 14.3 Å². The van der Waals surface area contributed by atoms with Crippen molar-refractivity contribution in [3.05, 3.63) is 35.9 Å². The summed E-state index contributed by atoms with van der Waals surface area (Å²) in [5, 5.41) is 2.82. The fourth-order valence-electron chi connectivity index (χ4n) is 5.61. The van der Waals surface area contributed by atoms with Crippen LogP contribution in [0.5, 0.6) is 0 Å². The highest BCUT2D eigenvalue weighted by Gasteiger charge is 2.37. The molecule has 0 bridgehead atoms. The Morgan fingerprint density at radius 3 is 2.57 bits per heavy atom. The maximum absolute atomic E-state index is 12.9. The lowest BCUT2D eigenvalue weighted by molar-refractivity contribution is -0.143. The standard InChI is InChI=1S/C28H33F3N6O5/c1-17-2-3-20(33-27(40)36-5-4-18(15-36)14-28(29,30)31)12-22(17)19-10-23(35-6-8-41-9-7-35)34-24(11-19)37-16-21(13-25(37)38)42-26(32)39/h2-3,10-12,18,21H,4-9,13-16H2,1H3,(H2,32,39)(H,33,40). The summed E-state index contributed by atoms with van der Waals surface area (Å²) in [5.74, 6) is 0.154. The van der Waals surface area contributed by atoms with Crippen LogP contribution in [0, 0.1) is 12.8 Å². The number of carbonyl (C=O) groups excluding carboxylic acids is 3. The quantitative estimate of drug-likeness (QED) is 0.522. The summed E-state index contributed by atoms with van der Waals surface area (Å²) in [6.07, 6.45) is -6.52. The minimum absolute atomic E-state index is 0.0113. The first-order chi connectivity index (χ1) is 19.9. The number of rotatable bonds is 6. The first-order valence-corrected chi connectivity index (χ1v) is 13.8. The molecule has 2 aromatic rings. The molecule has 3 aliphatic rings. The van der Waals surface area contributed by atoms with Crippen LogP contribution in [0.2, 0.25) is 0 Å². The predicted molar refractivity (Wildman–Crippen MR) is 148 cm³/mol. The molecule has 3 aliphatic heterocycles. The van der Waals surface area contributed by atoms with Gasteiger partial charge in [0.2, 0.25) is 5.91 Å². The average molecular weight is 591 g/mol. The minimum Gasteiger partial charge on any atom is -0.444 e. The summed E-state index contributed by atoms with van der Waals surface area (Å²) in [6, 6.07) is 8.59. The van der Waals surface area contributed by atoms with Gasteiger partial charge in [-0.1, -0.05) is 6.07 Å². The molecule has 11 nitrogen and oxygen atoms in total. The van der Waals surface area contributed by atoms with Crippen LogP contribution < -0.4 is 20.9 Å². The Balaban J connectivity index is 1.41. The number of amides is 4. The number of anilines is 3. The lowest BCUT2D eigenvalue weighted by Gasteiger charge is -2.29. The number of nitrogens with one attached hydrogen (secondary N) is 1. The number of nitrogens with zero attached hydrogens (tertiary/aromatic N) is 4. The summed E-state index contributed by atoms with van der Waals surface area (Å²) in [5.41, 5.74) is 8.06. The summed E-state index contributed by atoms with van der Waals surface area (Å²) < 4.78 is 49.0. The number of alkyl halides is 3. The van der Waals surface area contributed by atoms with Crippen molar-refractivity contribution in [1.29, 1.82) is 0 Å². The highest BCUT2D eigenvalue weighted by atomic mass is 19.4. The molecule has 1 aromatic heterocycles. The van der Waals surface area contributed by atoms with E-state index in [2.05, 4.69) is 10.2 Å². The molecule has 0 radical (unpaired) electrons. The molecule has 2 unspecified atom stereocenters. The Labute approximate surface area is 240 Å². The molecule has 5 rings (SSSR count). The number of urea groups is 1. The van der Waals surface area contributed by atoms with Gasteiger partial charge in [0, 0.05) is 38.3 Å². The van der Waals surface area contributed by atoms with E-state index in [9.17, 15) is 27.6 Å². The number of hydrogen-bond donors (Lipinski definition) is 2. The Morgan fingerprint density at radius 2 is 1.86 bits per heavy atom. The van der Waals surface area contributed by atoms with Crippen molar-refractivity contribution >= 4 is 35.4 Å². The number of halogens is 3. The van der Waals surface area contributed by atoms with E-state index in [1.807, 2.05) is 19.1 Å². The number of hydrogen-bond acceptors (Lipinski definition) is 7. The van der Waals surface area contributed by atoms with E-state index < -0.39 is 36.7 Å². The highest BCUT2D eigenvalue weighted by Crippen LogP contribution is 2.35. The summed E-state index contributed by atoms with van der Waals surface area (Å²) in [4.78, 5) is 46.7. The molecule has 14 heteroatoms. The van der Waals surface area contributed by atoms with Crippen molar-refractivity contribution in [3.63, 3.8) is 0 Å². The molecule has 4 amide bonds. The van der Waals surface area contributed by atoms with E-state index in [0.29, 0.717) is 50.0 Å². The van der Waals surface area contributed by atoms with Gasteiger partial charge in [-0.05, 0) is 60.2 Å². The zero-order valence-electron chi connectivity index (χ0n) is 23.2. The third-order valence-electron chi connectivity index (χ3n) is 7.68. The topological polar surface area (TPSA) is 130 Å². The van der Waals surface area contributed by atoms with Gasteiger partial charge in [-0.15, -0.1) is 0 Å². The van der Waals surface area contributed by atoms with Crippen molar-refractivity contribution in [2.24, 2.45) is 11.7 Å². The number of likely N-dealkylation sites (tertiary alicyclic amines) is 1. The number of pyridine rings is 1. The van der Waals surface area contributed by atoms with Gasteiger partial charge in [-0.3, -0.25) is 9.69 Å². The third-order valence-corrected chi connectivity index (χ3v) is 7.68. The van der Waals surface area contributed by atoms with Crippen LogP contribution in [0.3, 0.4) is 0 Å². The summed E-state index contributed by atoms with van der Waals surface area (Å²) in [6.45, 7) is 4.60. The van der Waals surface area contributed by atoms with Crippen LogP contribution in [0.4, 0.5) is 40.1 Å². The summed E-state index contributed by atoms with van der Waals surface area (Å²) in [7, 11) is 0. The molecule has 4 heterocycles. The van der Waals surface area contributed by atoms with E-state index in [1.165, 1.54) is 9.80 Å². The van der Waals surface area contributed by atoms with Gasteiger partial charge in [0.1, 0.15) is 17.7 Å². The molecule has 42 heavy (non-hydrogen) atoms. The first-order valence-electron chi connectivity index (χ1n) is 13.8. The second-order valence-corrected chi connectivity index (χ2v) is 10.8. The number of aryl methyl sites for hydroxylation is 1. The van der Waals surface area contributed by atoms with E-state index in [-0.39, 0.29) is 32.0 Å². The molecule has 0 saturated carbocycles. The van der Waals surface area contributed by atoms with E-state index in [4.69, 9.17) is 20.2 Å². The molecular formula is C28H33F3N6O5. The highest BCUT2D eigenvalue weighted by molar-refractivity contribution is 5.96. The van der Waals surface area contributed by atoms with Gasteiger partial charge in [0.05, 0.1) is 26.2 Å². The van der Waals surface area contributed by atoms with Crippen LogP contribution in [0.1, 0.15) is 24.8 Å². The minimum atomic E-state index is -4.26. The number of nitrogens with two attached hydrogens (primary N) is 1. The lowest BCUT2D eigenvalue weighted by atomic mass is 10.00. The van der Waals surface area contributed by atoms with Gasteiger partial charge in [0.25, 0.3) is 0 Å². The number of carbonyl (C=O) groups is 3. The monoisotopic (exact) mass is 590 g/mol. The Hall–Kier alpha value is -4.07. The molecule has 3 fully saturated rings. The second-order valence-electron chi connectivity index (χ2n) is 10.8. The van der Waals surface area contributed by atoms with Crippen molar-refractivity contribution in [2.75, 3.05) is 61.1 Å². The second kappa shape index (κ2) is 12.0. The Bertz CT molecular complexity index is 1350. The van der Waals surface area contributed by atoms with Gasteiger partial charge in [-0.25, -0.2) is 14.6 Å². The van der Waals surface area contributed by atoms with Crippen LogP contribution in [0.15, 0.2) is 30.3 Å². The van der Waals surface area contributed by atoms with E-state index >= 15 is 0 Å². The molecule has 2 atom stereocenters. The van der Waals surface area contributed by atoms with Gasteiger partial charge in [0.15, 0.2) is 0 Å². The predicted octanol–water partition coefficient (Wildman–Crippen LogP) is 3.90. The zero-order valence-corrected chi connectivity index (χ0v) is 23.2. The number of ether oxygens (including phenoxy) is 2. The zero-order chi connectivity index (χ0) is 30.0. The van der Waals surface area contributed by atoms with Crippen LogP contribution in [0.25, 0.3) is 11.1 Å². The number of aromatic nitrogens is 1. The van der Waals surface area contributed by atoms with E-state index in [0.717, 1.165) is 16.7 Å². The maximum Gasteiger partial charge on any atom is 0.404 e. The third kappa shape index (κ3) is 7.04. The van der Waals surface area contributed by atoms with Crippen LogP contribution >= 0.6 is 0 Å². The molecular weight excluding hydrogens is 557 g/mol. The van der Waals surface area contributed by atoms with Crippen molar-refractivity contribution < 1.29 is 37.0 Å². The number of benzene rings is 1. The fraction of sp³-hybridized carbons (Fsp3) is 0.500. The molecule has 3 N–H and O–H groups in total. The Morgan fingerprint density at radius 1 is 1.12 bits per heavy atom. The van der Waals surface area contributed by atoms with Crippen molar-refractivity contribution in [3.8, 4) is 11.1 Å². The molecule has 3 saturated heterocycles. The first kappa shape index (κ1) is 29.4. The SMILES string of the molecule is Cc1ccc(NC(=O)N2CCC(CC(F)(F)F)C2)cc1-c1cc(N2CCOCC2)nc(N2CC(OC(N)=O)CC2=O)c1. The van der Waals surface area contributed by atoms with Gasteiger partial charge >= 0.3 is 18.3 Å². The largest absolute Gasteiger partial charge is 0.444 e. The number of primary amides is 1. The molecule has 0 aliphatic carbocycles. The number of morpholine rings is 1. The lowest BCUT2D eigenvalue weighted by Crippen LogP contribution is -2.37. The van der Waals surface area contributed by atoms with Crippen molar-refractivity contribution in [2.45, 2.75) is 38.5 Å². The molecule has 226 valence electrons. The van der Waals surface area contributed by atoms with Gasteiger partial charge in [-0.2, -0.15) is 13.2 Å². The average Bonchev–Trinajstić information content (AvgIpc) is 3.54. The Kier molecular flexibility index (Phi) is 8.43. The summed E-state index contributed by atoms with van der Waals surface area (Å²) >= 11 is 0. The maximum atomic E-state index is 12.9. The molecule has 1 aromatic carbocycles. The van der Waals surface area contributed by atoms with Crippen molar-refractivity contribution in [1.82, 2.24) is 9.88 Å². The van der Waals surface area contributed by atoms with Crippen LogP contribution in [-0.4, -0.2) is 86.1 Å². The fourth-order valence-corrected chi connectivity index (χ4v) is 5.61. The van der Waals surface area contributed by atoms with Gasteiger partial charge < -0.3 is 30.3 Å². The normalized spacial score (nSPS) is 21.1. The smallest absolute Gasteiger partial charge is 0.404 e. The van der Waals surface area contributed by atoms with E-state index in [1.54, 1.807) is 18.2 Å².